The number of hydrogen-bond acceptors (Lipinski definition) is 9. The molecule has 4 aromatic rings. The van der Waals surface area contributed by atoms with Gasteiger partial charge in [0.25, 0.3) is 0 Å². The number of pyridine rings is 1. The van der Waals surface area contributed by atoms with Gasteiger partial charge in [0.1, 0.15) is 29.6 Å². The normalized spacial score (nSPS) is 19.0. The average molecular weight is 588 g/mol. The van der Waals surface area contributed by atoms with E-state index in [-0.39, 0.29) is 30.0 Å². The maximum absolute atomic E-state index is 15.5. The fraction of sp³-hybridized carbons (Fsp3) is 0.438. The lowest BCUT2D eigenvalue weighted by Gasteiger charge is -2.56. The third kappa shape index (κ3) is 5.86. The van der Waals surface area contributed by atoms with Crippen molar-refractivity contribution in [1.82, 2.24) is 24.8 Å². The number of anilines is 3. The molecule has 0 aliphatic carbocycles. The van der Waals surface area contributed by atoms with Gasteiger partial charge < -0.3 is 24.6 Å². The summed E-state index contributed by atoms with van der Waals surface area (Å²) in [6, 6.07) is 11.0. The van der Waals surface area contributed by atoms with Crippen molar-refractivity contribution in [3.63, 3.8) is 0 Å². The predicted molar refractivity (Wildman–Crippen MR) is 166 cm³/mol. The Morgan fingerprint density at radius 1 is 1.12 bits per heavy atom. The van der Waals surface area contributed by atoms with Gasteiger partial charge >= 0.3 is 6.09 Å². The van der Waals surface area contributed by atoms with Gasteiger partial charge in [-0.05, 0) is 78.5 Å². The first kappa shape index (κ1) is 28.9. The quantitative estimate of drug-likeness (QED) is 0.297. The van der Waals surface area contributed by atoms with Crippen LogP contribution in [0.3, 0.4) is 0 Å². The first-order chi connectivity index (χ1) is 20.5. The highest BCUT2D eigenvalue weighted by Gasteiger charge is 2.49. The number of nitrogens with zero attached hydrogens (tertiary/aromatic N) is 6. The fourth-order valence-electron chi connectivity index (χ4n) is 6.05. The summed E-state index contributed by atoms with van der Waals surface area (Å²) >= 11 is 0. The van der Waals surface area contributed by atoms with E-state index in [4.69, 9.17) is 9.47 Å². The molecule has 3 saturated heterocycles. The van der Waals surface area contributed by atoms with Crippen molar-refractivity contribution in [1.29, 1.82) is 0 Å². The lowest BCUT2D eigenvalue weighted by Crippen LogP contribution is -2.70. The molecule has 0 saturated carbocycles. The van der Waals surface area contributed by atoms with Crippen LogP contribution in [0.5, 0.6) is 5.75 Å². The molecule has 7 rings (SSSR count). The average Bonchev–Trinajstić information content (AvgIpc) is 2.93. The van der Waals surface area contributed by atoms with E-state index in [2.05, 4.69) is 30.1 Å². The lowest BCUT2D eigenvalue weighted by molar-refractivity contribution is -0.0379. The monoisotopic (exact) mass is 587 g/mol. The van der Waals surface area contributed by atoms with Gasteiger partial charge in [0.15, 0.2) is 5.82 Å². The van der Waals surface area contributed by atoms with Crippen LogP contribution in [0.25, 0.3) is 21.8 Å². The summed E-state index contributed by atoms with van der Waals surface area (Å²) in [5, 5.41) is 4.29. The van der Waals surface area contributed by atoms with Crippen molar-refractivity contribution in [2.24, 2.45) is 0 Å². The topological polar surface area (TPSA) is 96.0 Å². The second-order valence-electron chi connectivity index (χ2n) is 12.7. The molecule has 3 atom stereocenters. The molecule has 2 bridgehead atoms. The summed E-state index contributed by atoms with van der Waals surface area (Å²) in [5.74, 6) is 0.652. The number of fused-ring (bicyclic) bond motifs is 4. The standard InChI is InChI=1S/C32H38FN7O3/c1-19(15-38(5)6)42-27-14-20(39-16-21-12-22(17-39)40(21)31(41)43-32(2,3)4)13-26-28(27)30(36-18-35-26)37-25-10-9-24-23(29(25)33)8-7-11-34-24/h7-11,13-14,18-19,21-22H,12,15-17H2,1-6H3,(H,35,36,37)/t19-,21?,22?/m1/s1. The number of piperidine rings is 1. The minimum Gasteiger partial charge on any atom is -0.488 e. The van der Waals surface area contributed by atoms with Gasteiger partial charge in [0, 0.05) is 43.0 Å². The number of amides is 1. The number of halogens is 1. The molecule has 10 nitrogen and oxygen atoms in total. The third-order valence-corrected chi connectivity index (χ3v) is 7.77. The summed E-state index contributed by atoms with van der Waals surface area (Å²) in [5.41, 5.74) is 1.95. The minimum atomic E-state index is -0.535. The number of benzene rings is 2. The van der Waals surface area contributed by atoms with Gasteiger partial charge in [0.2, 0.25) is 0 Å². The van der Waals surface area contributed by atoms with Crippen LogP contribution in [0.4, 0.5) is 26.4 Å². The highest BCUT2D eigenvalue weighted by atomic mass is 19.1. The van der Waals surface area contributed by atoms with Crippen LogP contribution in [0.1, 0.15) is 34.1 Å². The first-order valence-electron chi connectivity index (χ1n) is 14.6. The van der Waals surface area contributed by atoms with Crippen molar-refractivity contribution in [3.05, 3.63) is 54.7 Å². The second kappa shape index (κ2) is 11.1. The van der Waals surface area contributed by atoms with Crippen molar-refractivity contribution >= 4 is 45.1 Å². The van der Waals surface area contributed by atoms with Gasteiger partial charge in [-0.2, -0.15) is 0 Å². The molecule has 5 heterocycles. The van der Waals surface area contributed by atoms with E-state index >= 15 is 4.39 Å². The van der Waals surface area contributed by atoms with Crippen molar-refractivity contribution in [2.75, 3.05) is 43.9 Å². The van der Waals surface area contributed by atoms with Gasteiger partial charge in [-0.15, -0.1) is 0 Å². The number of piperazine rings is 1. The highest BCUT2D eigenvalue weighted by molar-refractivity contribution is 5.98. The molecule has 1 amide bonds. The summed E-state index contributed by atoms with van der Waals surface area (Å²) < 4.78 is 27.7. The summed E-state index contributed by atoms with van der Waals surface area (Å²) in [6.07, 6.45) is 3.68. The molecular weight excluding hydrogens is 549 g/mol. The second-order valence-corrected chi connectivity index (χ2v) is 12.7. The number of likely N-dealkylation sites (N-methyl/N-ethyl adjacent to an activating group) is 1. The molecular formula is C32H38FN7O3. The number of hydrogen-bond donors (Lipinski definition) is 1. The minimum absolute atomic E-state index is 0.0781. The van der Waals surface area contributed by atoms with Gasteiger partial charge in [-0.3, -0.25) is 9.88 Å². The molecule has 3 fully saturated rings. The van der Waals surface area contributed by atoms with Crippen molar-refractivity contribution in [2.45, 2.75) is 57.9 Å². The number of carbonyl (C=O) groups is 1. The van der Waals surface area contributed by atoms with Gasteiger partial charge in [-0.25, -0.2) is 19.2 Å². The van der Waals surface area contributed by atoms with Gasteiger partial charge in [0.05, 0.1) is 34.2 Å². The van der Waals surface area contributed by atoms with Crippen LogP contribution in [-0.2, 0) is 4.74 Å². The van der Waals surface area contributed by atoms with E-state index in [0.717, 1.165) is 12.1 Å². The molecule has 0 radical (unpaired) electrons. The molecule has 3 aliphatic rings. The van der Waals surface area contributed by atoms with E-state index in [1.165, 1.54) is 6.33 Å². The maximum atomic E-state index is 15.5. The Morgan fingerprint density at radius 3 is 2.60 bits per heavy atom. The number of rotatable bonds is 7. The molecule has 43 heavy (non-hydrogen) atoms. The Morgan fingerprint density at radius 2 is 1.88 bits per heavy atom. The zero-order valence-corrected chi connectivity index (χ0v) is 25.5. The Balaban J connectivity index is 1.34. The lowest BCUT2D eigenvalue weighted by atomic mass is 9.87. The van der Waals surface area contributed by atoms with E-state index in [1.807, 2.05) is 58.8 Å². The van der Waals surface area contributed by atoms with Crippen LogP contribution in [0.2, 0.25) is 0 Å². The van der Waals surface area contributed by atoms with Crippen LogP contribution >= 0.6 is 0 Å². The smallest absolute Gasteiger partial charge is 0.410 e. The highest BCUT2D eigenvalue weighted by Crippen LogP contribution is 2.41. The summed E-state index contributed by atoms with van der Waals surface area (Å²) in [6.45, 7) is 9.74. The molecule has 3 aliphatic heterocycles. The molecule has 1 N–H and O–H groups in total. The van der Waals surface area contributed by atoms with Crippen LogP contribution in [0, 0.1) is 5.82 Å². The van der Waals surface area contributed by atoms with Crippen molar-refractivity contribution < 1.29 is 18.7 Å². The van der Waals surface area contributed by atoms with Crippen LogP contribution in [-0.4, -0.2) is 88.4 Å². The Kier molecular flexibility index (Phi) is 7.45. The molecule has 226 valence electrons. The SMILES string of the molecule is C[C@H](CN(C)C)Oc1cc(N2CC3CC(C2)N3C(=O)OC(C)(C)C)cc2ncnc(Nc3ccc4ncccc4c3F)c12. The van der Waals surface area contributed by atoms with E-state index in [0.29, 0.717) is 53.0 Å². The molecule has 11 heteroatoms. The number of aromatic nitrogens is 3. The maximum Gasteiger partial charge on any atom is 0.410 e. The predicted octanol–water partition coefficient (Wildman–Crippen LogP) is 5.59. The molecule has 2 unspecified atom stereocenters. The number of ether oxygens (including phenoxy) is 2. The summed E-state index contributed by atoms with van der Waals surface area (Å²) in [7, 11) is 4.00. The zero-order valence-electron chi connectivity index (χ0n) is 25.5. The molecule has 2 aromatic heterocycles. The Hall–Kier alpha value is -4.25. The van der Waals surface area contributed by atoms with E-state index in [1.54, 1.807) is 30.5 Å². The molecule has 2 aromatic carbocycles. The van der Waals surface area contributed by atoms with E-state index < -0.39 is 11.4 Å². The van der Waals surface area contributed by atoms with Gasteiger partial charge in [-0.1, -0.05) is 0 Å². The summed E-state index contributed by atoms with van der Waals surface area (Å²) in [4.78, 5) is 32.4. The van der Waals surface area contributed by atoms with Crippen LogP contribution in [0.15, 0.2) is 48.9 Å². The number of nitrogens with one attached hydrogen (secondary N) is 1. The van der Waals surface area contributed by atoms with Crippen LogP contribution < -0.4 is 15.0 Å². The Bertz CT molecular complexity index is 1660. The largest absolute Gasteiger partial charge is 0.488 e. The zero-order chi connectivity index (χ0) is 30.5. The first-order valence-corrected chi connectivity index (χ1v) is 14.6. The molecule has 0 spiro atoms. The Labute approximate surface area is 250 Å². The van der Waals surface area contributed by atoms with Crippen molar-refractivity contribution in [3.8, 4) is 5.75 Å². The fourth-order valence-corrected chi connectivity index (χ4v) is 6.05. The van der Waals surface area contributed by atoms with E-state index in [9.17, 15) is 4.79 Å². The number of carbonyl (C=O) groups excluding carboxylic acids is 1. The third-order valence-electron chi connectivity index (χ3n) is 7.77.